The van der Waals surface area contributed by atoms with Gasteiger partial charge in [-0.1, -0.05) is 29.8 Å². The van der Waals surface area contributed by atoms with E-state index >= 15 is 0 Å². The van der Waals surface area contributed by atoms with Gasteiger partial charge in [0.2, 0.25) is 0 Å². The molecule has 2 aromatic rings. The Bertz CT molecular complexity index is 646. The zero-order valence-corrected chi connectivity index (χ0v) is 12.7. The second kappa shape index (κ2) is 6.25. The Kier molecular flexibility index (Phi) is 4.81. The maximum atomic E-state index is 12.2. The van der Waals surface area contributed by atoms with Crippen LogP contribution in [0.5, 0.6) is 5.75 Å². The molecule has 0 spiro atoms. The number of benzene rings is 2. The number of hydrogen-bond acceptors (Lipinski definition) is 2. The topological polar surface area (TPSA) is 29.5 Å². The molecule has 0 saturated heterocycles. The Balaban J connectivity index is 2.28. The van der Waals surface area contributed by atoms with E-state index in [1.807, 2.05) is 0 Å². The average Bonchev–Trinajstić information content (AvgIpc) is 2.39. The van der Waals surface area contributed by atoms with Crippen molar-refractivity contribution in [2.75, 3.05) is 0 Å². The van der Waals surface area contributed by atoms with Crippen molar-refractivity contribution in [1.29, 1.82) is 0 Å². The summed E-state index contributed by atoms with van der Waals surface area (Å²) in [6, 6.07) is 9.98. The van der Waals surface area contributed by atoms with Crippen LogP contribution < -0.4 is 4.74 Å². The summed E-state index contributed by atoms with van der Waals surface area (Å²) in [7, 11) is 0. The van der Waals surface area contributed by atoms with Gasteiger partial charge in [0, 0.05) is 4.47 Å². The molecule has 0 saturated carbocycles. The minimum atomic E-state index is -4.77. The standard InChI is InChI=1S/C14H9BrClF3O2/c15-11-5-4-9(7-12(11)16)13(20)8-2-1-3-10(6-8)21-14(17,18)19/h1-7,13,20H. The molecule has 112 valence electrons. The molecule has 7 heteroatoms. The minimum Gasteiger partial charge on any atom is -0.406 e. The molecule has 0 fully saturated rings. The van der Waals surface area contributed by atoms with E-state index in [1.54, 1.807) is 12.1 Å². The third-order valence-corrected chi connectivity index (χ3v) is 3.90. The Morgan fingerprint density at radius 1 is 1.10 bits per heavy atom. The number of hydrogen-bond donors (Lipinski definition) is 1. The highest BCUT2D eigenvalue weighted by Gasteiger charge is 2.31. The van der Waals surface area contributed by atoms with Crippen LogP contribution in [0.25, 0.3) is 0 Å². The fourth-order valence-corrected chi connectivity index (χ4v) is 2.19. The van der Waals surface area contributed by atoms with Crippen LogP contribution in [0.2, 0.25) is 5.02 Å². The molecular formula is C14H9BrClF3O2. The van der Waals surface area contributed by atoms with Gasteiger partial charge in [-0.05, 0) is 51.3 Å². The first-order valence-corrected chi connectivity index (χ1v) is 6.92. The van der Waals surface area contributed by atoms with Crippen LogP contribution in [0.4, 0.5) is 13.2 Å². The summed E-state index contributed by atoms with van der Waals surface area (Å²) in [6.07, 6.45) is -5.88. The SMILES string of the molecule is OC(c1cccc(OC(F)(F)F)c1)c1ccc(Br)c(Cl)c1. The summed E-state index contributed by atoms with van der Waals surface area (Å²) in [5, 5.41) is 10.6. The molecule has 2 aromatic carbocycles. The van der Waals surface area contributed by atoms with Crippen molar-refractivity contribution < 1.29 is 23.0 Å². The first-order valence-electron chi connectivity index (χ1n) is 5.75. The first kappa shape index (κ1) is 16.1. The zero-order chi connectivity index (χ0) is 15.6. The predicted octanol–water partition coefficient (Wildman–Crippen LogP) is 5.08. The van der Waals surface area contributed by atoms with Crippen LogP contribution >= 0.6 is 27.5 Å². The highest BCUT2D eigenvalue weighted by atomic mass is 79.9. The molecule has 0 bridgehead atoms. The minimum absolute atomic E-state index is 0.273. The summed E-state index contributed by atoms with van der Waals surface area (Å²) in [6.45, 7) is 0. The van der Waals surface area contributed by atoms with Gasteiger partial charge in [-0.2, -0.15) is 0 Å². The van der Waals surface area contributed by atoms with Crippen LogP contribution in [0.3, 0.4) is 0 Å². The summed E-state index contributed by atoms with van der Waals surface area (Å²) in [5.74, 6) is -0.387. The Morgan fingerprint density at radius 3 is 2.38 bits per heavy atom. The first-order chi connectivity index (χ1) is 9.76. The van der Waals surface area contributed by atoms with Gasteiger partial charge in [0.25, 0.3) is 0 Å². The fourth-order valence-electron chi connectivity index (χ4n) is 1.76. The van der Waals surface area contributed by atoms with Gasteiger partial charge in [0.1, 0.15) is 11.9 Å². The number of halogens is 5. The quantitative estimate of drug-likeness (QED) is 0.803. The van der Waals surface area contributed by atoms with Crippen molar-refractivity contribution in [2.24, 2.45) is 0 Å². The van der Waals surface area contributed by atoms with E-state index in [9.17, 15) is 18.3 Å². The van der Waals surface area contributed by atoms with Gasteiger partial charge in [-0.25, -0.2) is 0 Å². The van der Waals surface area contributed by atoms with E-state index in [0.717, 1.165) is 12.1 Å². The maximum Gasteiger partial charge on any atom is 0.573 e. The Morgan fingerprint density at radius 2 is 1.76 bits per heavy atom. The van der Waals surface area contributed by atoms with Crippen molar-refractivity contribution in [3.63, 3.8) is 0 Å². The molecule has 1 N–H and O–H groups in total. The lowest BCUT2D eigenvalue weighted by atomic mass is 10.0. The van der Waals surface area contributed by atoms with Gasteiger partial charge >= 0.3 is 6.36 Å². The molecular weight excluding hydrogens is 373 g/mol. The Hall–Kier alpha value is -1.24. The van der Waals surface area contributed by atoms with Crippen LogP contribution in [-0.4, -0.2) is 11.5 Å². The fraction of sp³-hybridized carbons (Fsp3) is 0.143. The maximum absolute atomic E-state index is 12.2. The molecule has 0 aromatic heterocycles. The van der Waals surface area contributed by atoms with E-state index in [1.165, 1.54) is 18.2 Å². The summed E-state index contributed by atoms with van der Waals surface area (Å²) in [4.78, 5) is 0. The lowest BCUT2D eigenvalue weighted by Gasteiger charge is -2.14. The molecule has 0 aliphatic heterocycles. The molecule has 0 radical (unpaired) electrons. The highest BCUT2D eigenvalue weighted by Crippen LogP contribution is 2.31. The molecule has 0 heterocycles. The van der Waals surface area contributed by atoms with Gasteiger partial charge < -0.3 is 9.84 Å². The van der Waals surface area contributed by atoms with Crippen LogP contribution in [0, 0.1) is 0 Å². The predicted molar refractivity (Wildman–Crippen MR) is 76.3 cm³/mol. The largest absolute Gasteiger partial charge is 0.573 e. The number of aliphatic hydroxyl groups is 1. The van der Waals surface area contributed by atoms with Gasteiger partial charge in [0.15, 0.2) is 0 Å². The third kappa shape index (κ3) is 4.36. The molecule has 2 nitrogen and oxygen atoms in total. The van der Waals surface area contributed by atoms with Crippen molar-refractivity contribution in [2.45, 2.75) is 12.5 Å². The van der Waals surface area contributed by atoms with Crippen molar-refractivity contribution >= 4 is 27.5 Å². The molecule has 0 aliphatic rings. The second-order valence-electron chi connectivity index (χ2n) is 4.20. The van der Waals surface area contributed by atoms with E-state index in [-0.39, 0.29) is 11.3 Å². The Labute approximate surface area is 132 Å². The van der Waals surface area contributed by atoms with Gasteiger partial charge in [-0.3, -0.25) is 0 Å². The molecule has 1 unspecified atom stereocenters. The summed E-state index contributed by atoms with van der Waals surface area (Å²) >= 11 is 9.15. The lowest BCUT2D eigenvalue weighted by molar-refractivity contribution is -0.274. The van der Waals surface area contributed by atoms with E-state index in [0.29, 0.717) is 15.1 Å². The van der Waals surface area contributed by atoms with Crippen molar-refractivity contribution in [1.82, 2.24) is 0 Å². The number of aliphatic hydroxyl groups excluding tert-OH is 1. The number of alkyl halides is 3. The van der Waals surface area contributed by atoms with Crippen molar-refractivity contribution in [3.8, 4) is 5.75 Å². The highest BCUT2D eigenvalue weighted by molar-refractivity contribution is 9.10. The molecule has 2 rings (SSSR count). The summed E-state index contributed by atoms with van der Waals surface area (Å²) < 4.78 is 41.0. The van der Waals surface area contributed by atoms with E-state index in [2.05, 4.69) is 20.7 Å². The average molecular weight is 382 g/mol. The van der Waals surface area contributed by atoms with Crippen LogP contribution in [0.15, 0.2) is 46.9 Å². The zero-order valence-electron chi connectivity index (χ0n) is 10.4. The van der Waals surface area contributed by atoms with Gasteiger partial charge in [0.05, 0.1) is 5.02 Å². The summed E-state index contributed by atoms with van der Waals surface area (Å²) in [5.41, 5.74) is 0.738. The third-order valence-electron chi connectivity index (χ3n) is 2.67. The monoisotopic (exact) mass is 380 g/mol. The number of rotatable bonds is 3. The lowest BCUT2D eigenvalue weighted by Crippen LogP contribution is -2.17. The molecule has 0 aliphatic carbocycles. The number of ether oxygens (including phenoxy) is 1. The van der Waals surface area contributed by atoms with E-state index in [4.69, 9.17) is 11.6 Å². The van der Waals surface area contributed by atoms with Crippen LogP contribution in [-0.2, 0) is 0 Å². The molecule has 1 atom stereocenters. The molecule has 0 amide bonds. The van der Waals surface area contributed by atoms with Gasteiger partial charge in [-0.15, -0.1) is 13.2 Å². The second-order valence-corrected chi connectivity index (χ2v) is 5.46. The van der Waals surface area contributed by atoms with Crippen molar-refractivity contribution in [3.05, 3.63) is 63.1 Å². The van der Waals surface area contributed by atoms with E-state index < -0.39 is 12.5 Å². The molecule has 21 heavy (non-hydrogen) atoms. The smallest absolute Gasteiger partial charge is 0.406 e. The normalized spacial score (nSPS) is 13.0. The van der Waals surface area contributed by atoms with Crippen LogP contribution in [0.1, 0.15) is 17.2 Å².